The van der Waals surface area contributed by atoms with Crippen LogP contribution in [0.15, 0.2) is 41.8 Å². The first-order chi connectivity index (χ1) is 14.1. The van der Waals surface area contributed by atoms with Crippen molar-refractivity contribution in [2.24, 2.45) is 0 Å². The number of anilines is 2. The lowest BCUT2D eigenvalue weighted by atomic mass is 10.2. The van der Waals surface area contributed by atoms with Crippen molar-refractivity contribution in [2.75, 3.05) is 49.5 Å². The molecule has 3 amide bonds. The molecule has 0 bridgehead atoms. The molecular weight excluding hydrogens is 388 g/mol. The predicted octanol–water partition coefficient (Wildman–Crippen LogP) is 2.27. The number of hydrogen-bond acceptors (Lipinski definition) is 5. The van der Waals surface area contributed by atoms with Crippen LogP contribution in [0.1, 0.15) is 22.5 Å². The van der Waals surface area contributed by atoms with Crippen LogP contribution in [0, 0.1) is 0 Å². The summed E-state index contributed by atoms with van der Waals surface area (Å²) in [5, 5.41) is 4.83. The lowest BCUT2D eigenvalue weighted by Gasteiger charge is -2.34. The lowest BCUT2D eigenvalue weighted by molar-refractivity contribution is -0.118. The fraction of sp³-hybridized carbons (Fsp3) is 0.381. The van der Waals surface area contributed by atoms with Crippen LogP contribution in [-0.4, -0.2) is 66.8 Å². The number of thiophene rings is 1. The summed E-state index contributed by atoms with van der Waals surface area (Å²) < 4.78 is 0. The Balaban J connectivity index is 1.27. The summed E-state index contributed by atoms with van der Waals surface area (Å²) in [5.41, 5.74) is 1.52. The molecule has 152 valence electrons. The second kappa shape index (κ2) is 8.75. The van der Waals surface area contributed by atoms with E-state index in [-0.39, 0.29) is 24.3 Å². The van der Waals surface area contributed by atoms with Crippen LogP contribution >= 0.6 is 11.3 Å². The quantitative estimate of drug-likeness (QED) is 0.818. The van der Waals surface area contributed by atoms with Crippen molar-refractivity contribution < 1.29 is 14.4 Å². The minimum Gasteiger partial charge on any atom is -0.335 e. The van der Waals surface area contributed by atoms with Gasteiger partial charge in [-0.2, -0.15) is 0 Å². The standard InChI is InChI=1S/C21H24N4O3S/c26-19(22-16-4-1-5-17(14-16)25-8-2-7-20(25)27)15-23-9-11-24(12-10-23)21(28)18-6-3-13-29-18/h1,3-6,13-14H,2,7-12,15H2,(H,22,26). The average molecular weight is 413 g/mol. The molecule has 0 spiro atoms. The summed E-state index contributed by atoms with van der Waals surface area (Å²) in [6.07, 6.45) is 1.45. The number of benzene rings is 1. The Labute approximate surface area is 173 Å². The Morgan fingerprint density at radius 3 is 2.55 bits per heavy atom. The monoisotopic (exact) mass is 412 g/mol. The summed E-state index contributed by atoms with van der Waals surface area (Å²) in [6, 6.07) is 11.1. The molecule has 2 aliphatic heterocycles. The Bertz CT molecular complexity index is 891. The van der Waals surface area contributed by atoms with Gasteiger partial charge in [0.15, 0.2) is 0 Å². The molecule has 2 fully saturated rings. The summed E-state index contributed by atoms with van der Waals surface area (Å²) in [6.45, 7) is 3.60. The predicted molar refractivity (Wildman–Crippen MR) is 113 cm³/mol. The van der Waals surface area contributed by atoms with E-state index in [0.717, 1.165) is 23.5 Å². The van der Waals surface area contributed by atoms with Gasteiger partial charge in [-0.15, -0.1) is 11.3 Å². The van der Waals surface area contributed by atoms with Gasteiger partial charge in [0.2, 0.25) is 11.8 Å². The van der Waals surface area contributed by atoms with Gasteiger partial charge in [-0.25, -0.2) is 0 Å². The van der Waals surface area contributed by atoms with Gasteiger partial charge >= 0.3 is 0 Å². The lowest BCUT2D eigenvalue weighted by Crippen LogP contribution is -2.50. The third-order valence-corrected chi connectivity index (χ3v) is 6.13. The van der Waals surface area contributed by atoms with Crippen LogP contribution in [0.3, 0.4) is 0 Å². The van der Waals surface area contributed by atoms with Crippen molar-refractivity contribution in [3.63, 3.8) is 0 Å². The second-order valence-electron chi connectivity index (χ2n) is 7.29. The molecule has 3 heterocycles. The molecule has 0 saturated carbocycles. The molecule has 2 aromatic rings. The van der Waals surface area contributed by atoms with E-state index in [0.29, 0.717) is 38.3 Å². The topological polar surface area (TPSA) is 73.0 Å². The molecule has 2 aliphatic rings. The Kier molecular flexibility index (Phi) is 5.92. The molecule has 2 saturated heterocycles. The number of hydrogen-bond donors (Lipinski definition) is 1. The normalized spacial score (nSPS) is 17.6. The van der Waals surface area contributed by atoms with Gasteiger partial charge in [-0.05, 0) is 36.1 Å². The van der Waals surface area contributed by atoms with Crippen molar-refractivity contribution in [3.05, 3.63) is 46.7 Å². The summed E-state index contributed by atoms with van der Waals surface area (Å²) >= 11 is 1.45. The number of carbonyl (C=O) groups is 3. The smallest absolute Gasteiger partial charge is 0.264 e. The minimum absolute atomic E-state index is 0.0670. The average Bonchev–Trinajstić information content (AvgIpc) is 3.40. The number of nitrogens with one attached hydrogen (secondary N) is 1. The van der Waals surface area contributed by atoms with Crippen molar-refractivity contribution in [1.82, 2.24) is 9.80 Å². The Morgan fingerprint density at radius 2 is 1.86 bits per heavy atom. The van der Waals surface area contributed by atoms with Gasteiger partial charge in [0.25, 0.3) is 5.91 Å². The summed E-state index contributed by atoms with van der Waals surface area (Å²) in [7, 11) is 0. The van der Waals surface area contributed by atoms with E-state index >= 15 is 0 Å². The van der Waals surface area contributed by atoms with Crippen molar-refractivity contribution in [3.8, 4) is 0 Å². The molecule has 0 unspecified atom stereocenters. The van der Waals surface area contributed by atoms with Gasteiger partial charge in [0, 0.05) is 50.5 Å². The summed E-state index contributed by atoms with van der Waals surface area (Å²) in [4.78, 5) is 43.2. The highest BCUT2D eigenvalue weighted by molar-refractivity contribution is 7.12. The Morgan fingerprint density at radius 1 is 1.03 bits per heavy atom. The highest BCUT2D eigenvalue weighted by Gasteiger charge is 2.24. The van der Waals surface area contributed by atoms with Crippen molar-refractivity contribution in [1.29, 1.82) is 0 Å². The minimum atomic E-state index is -0.0899. The van der Waals surface area contributed by atoms with Crippen LogP contribution in [0.5, 0.6) is 0 Å². The Hall–Kier alpha value is -2.71. The molecule has 1 aromatic carbocycles. The first kappa shape index (κ1) is 19.6. The van der Waals surface area contributed by atoms with Crippen molar-refractivity contribution in [2.45, 2.75) is 12.8 Å². The van der Waals surface area contributed by atoms with Gasteiger partial charge in [0.1, 0.15) is 0 Å². The fourth-order valence-corrected chi connectivity index (χ4v) is 4.43. The number of rotatable bonds is 5. The molecule has 7 nitrogen and oxygen atoms in total. The number of amides is 3. The van der Waals surface area contributed by atoms with Gasteiger partial charge < -0.3 is 15.1 Å². The largest absolute Gasteiger partial charge is 0.335 e. The molecule has 0 aliphatic carbocycles. The first-order valence-electron chi connectivity index (χ1n) is 9.85. The zero-order chi connectivity index (χ0) is 20.2. The van der Waals surface area contributed by atoms with E-state index < -0.39 is 0 Å². The van der Waals surface area contributed by atoms with E-state index in [1.165, 1.54) is 11.3 Å². The number of carbonyl (C=O) groups excluding carboxylic acids is 3. The highest BCUT2D eigenvalue weighted by atomic mass is 32.1. The van der Waals surface area contributed by atoms with E-state index in [9.17, 15) is 14.4 Å². The van der Waals surface area contributed by atoms with Crippen LogP contribution < -0.4 is 10.2 Å². The summed E-state index contributed by atoms with van der Waals surface area (Å²) in [5.74, 6) is 0.105. The van der Waals surface area contributed by atoms with Crippen LogP contribution in [0.2, 0.25) is 0 Å². The fourth-order valence-electron chi connectivity index (χ4n) is 3.74. The van der Waals surface area contributed by atoms with Crippen LogP contribution in [0.4, 0.5) is 11.4 Å². The van der Waals surface area contributed by atoms with Crippen molar-refractivity contribution >= 4 is 40.4 Å². The molecule has 4 rings (SSSR count). The number of piperazine rings is 1. The molecule has 0 radical (unpaired) electrons. The maximum atomic E-state index is 12.5. The first-order valence-corrected chi connectivity index (χ1v) is 10.7. The molecule has 1 N–H and O–H groups in total. The van der Waals surface area contributed by atoms with E-state index in [4.69, 9.17) is 0 Å². The third kappa shape index (κ3) is 4.65. The van der Waals surface area contributed by atoms with Crippen LogP contribution in [0.25, 0.3) is 0 Å². The van der Waals surface area contributed by atoms with Gasteiger partial charge in [-0.3, -0.25) is 19.3 Å². The molecule has 0 atom stereocenters. The number of nitrogens with zero attached hydrogens (tertiary/aromatic N) is 3. The van der Waals surface area contributed by atoms with Gasteiger partial charge in [0.05, 0.1) is 11.4 Å². The van der Waals surface area contributed by atoms with Crippen LogP contribution in [-0.2, 0) is 9.59 Å². The third-order valence-electron chi connectivity index (χ3n) is 5.27. The molecule has 1 aromatic heterocycles. The maximum absolute atomic E-state index is 12.5. The molecular formula is C21H24N4O3S. The zero-order valence-corrected chi connectivity index (χ0v) is 17.0. The van der Waals surface area contributed by atoms with E-state index in [1.54, 1.807) is 4.90 Å². The maximum Gasteiger partial charge on any atom is 0.264 e. The van der Waals surface area contributed by atoms with E-state index in [2.05, 4.69) is 10.2 Å². The van der Waals surface area contributed by atoms with E-state index in [1.807, 2.05) is 46.7 Å². The molecule has 29 heavy (non-hydrogen) atoms. The zero-order valence-electron chi connectivity index (χ0n) is 16.2. The SMILES string of the molecule is O=C(CN1CCN(C(=O)c2cccs2)CC1)Nc1cccc(N2CCCC2=O)c1. The highest BCUT2D eigenvalue weighted by Crippen LogP contribution is 2.24. The second-order valence-corrected chi connectivity index (χ2v) is 8.24. The van der Waals surface area contributed by atoms with Gasteiger partial charge in [-0.1, -0.05) is 12.1 Å². The molecule has 8 heteroatoms.